The fraction of sp³-hybridized carbons (Fsp3) is 0.389. The van der Waals surface area contributed by atoms with Crippen LogP contribution in [0.4, 0.5) is 0 Å². The molecule has 0 fully saturated rings. The van der Waals surface area contributed by atoms with Gasteiger partial charge in [-0.25, -0.2) is 4.79 Å². The average molecular weight is 346 g/mol. The number of carbonyl (C=O) groups is 2. The number of hydrogen-bond acceptors (Lipinski definition) is 5. The van der Waals surface area contributed by atoms with E-state index in [1.165, 1.54) is 6.07 Å². The second kappa shape index (κ2) is 7.83. The molecule has 2 rings (SSSR count). The largest absolute Gasteiger partial charge is 0.483 e. The number of amides is 2. The predicted molar refractivity (Wildman–Crippen MR) is 93.7 cm³/mol. The third-order valence-corrected chi connectivity index (χ3v) is 3.57. The van der Waals surface area contributed by atoms with E-state index in [0.717, 1.165) is 10.9 Å². The Morgan fingerprint density at radius 1 is 1.20 bits per heavy atom. The molecule has 0 aliphatic carbocycles. The molecule has 2 aromatic rings. The molecule has 0 aliphatic rings. The lowest BCUT2D eigenvalue weighted by molar-refractivity contribution is -0.127. The maximum Gasteiger partial charge on any atom is 0.336 e. The van der Waals surface area contributed by atoms with E-state index < -0.39 is 11.5 Å². The van der Waals surface area contributed by atoms with E-state index in [1.54, 1.807) is 19.1 Å². The van der Waals surface area contributed by atoms with Gasteiger partial charge in [-0.1, -0.05) is 0 Å². The van der Waals surface area contributed by atoms with Crippen LogP contribution >= 0.6 is 0 Å². The molecule has 0 aliphatic heterocycles. The molecule has 0 atom stereocenters. The van der Waals surface area contributed by atoms with E-state index in [1.807, 2.05) is 20.8 Å². The van der Waals surface area contributed by atoms with Gasteiger partial charge in [-0.05, 0) is 45.4 Å². The number of carbonyl (C=O) groups excluding carboxylic acids is 2. The lowest BCUT2D eigenvalue weighted by Crippen LogP contribution is -2.41. The second-order valence-corrected chi connectivity index (χ2v) is 6.10. The summed E-state index contributed by atoms with van der Waals surface area (Å²) in [5.74, 6) is -0.227. The highest BCUT2D eigenvalue weighted by atomic mass is 16.5. The summed E-state index contributed by atoms with van der Waals surface area (Å²) in [6.45, 7) is 6.92. The summed E-state index contributed by atoms with van der Waals surface area (Å²) in [7, 11) is 0. The Balaban J connectivity index is 2.01. The molecular weight excluding hydrogens is 324 g/mol. The SMILES string of the molecule is Cc1cc(=O)oc2c(C)c(OCC(=O)NCC(=O)NC(C)C)ccc12. The number of ether oxygens (including phenoxy) is 1. The van der Waals surface area contributed by atoms with E-state index in [9.17, 15) is 14.4 Å². The molecule has 1 aromatic heterocycles. The Kier molecular flexibility index (Phi) is 5.80. The fourth-order valence-electron chi connectivity index (χ4n) is 2.40. The van der Waals surface area contributed by atoms with E-state index in [2.05, 4.69) is 10.6 Å². The zero-order chi connectivity index (χ0) is 18.6. The number of rotatable bonds is 6. The number of benzene rings is 1. The second-order valence-electron chi connectivity index (χ2n) is 6.10. The molecule has 2 N–H and O–H groups in total. The van der Waals surface area contributed by atoms with Gasteiger partial charge in [0.05, 0.1) is 6.54 Å². The molecule has 1 aromatic carbocycles. The smallest absolute Gasteiger partial charge is 0.336 e. The average Bonchev–Trinajstić information content (AvgIpc) is 2.52. The molecule has 0 saturated carbocycles. The van der Waals surface area contributed by atoms with Gasteiger partial charge in [0.1, 0.15) is 11.3 Å². The lowest BCUT2D eigenvalue weighted by atomic mass is 10.1. The van der Waals surface area contributed by atoms with Crippen molar-refractivity contribution in [2.75, 3.05) is 13.2 Å². The van der Waals surface area contributed by atoms with Gasteiger partial charge >= 0.3 is 5.63 Å². The van der Waals surface area contributed by atoms with E-state index in [0.29, 0.717) is 16.9 Å². The van der Waals surface area contributed by atoms with Crippen LogP contribution in [-0.4, -0.2) is 31.0 Å². The predicted octanol–water partition coefficient (Wildman–Crippen LogP) is 1.43. The Hall–Kier alpha value is -2.83. The first-order valence-electron chi connectivity index (χ1n) is 8.01. The Morgan fingerprint density at radius 3 is 2.60 bits per heavy atom. The zero-order valence-corrected chi connectivity index (χ0v) is 14.8. The van der Waals surface area contributed by atoms with Crippen molar-refractivity contribution in [3.8, 4) is 5.75 Å². The first-order chi connectivity index (χ1) is 11.8. The maximum atomic E-state index is 11.8. The number of aryl methyl sites for hydroxylation is 2. The third-order valence-electron chi connectivity index (χ3n) is 3.57. The summed E-state index contributed by atoms with van der Waals surface area (Å²) >= 11 is 0. The normalized spacial score (nSPS) is 10.8. The molecule has 0 bridgehead atoms. The molecular formula is C18H22N2O5. The highest BCUT2D eigenvalue weighted by molar-refractivity contribution is 5.86. The van der Waals surface area contributed by atoms with Crippen molar-refractivity contribution in [1.29, 1.82) is 0 Å². The van der Waals surface area contributed by atoms with Crippen LogP contribution in [0.2, 0.25) is 0 Å². The first kappa shape index (κ1) is 18.5. The Bertz CT molecular complexity index is 854. The van der Waals surface area contributed by atoms with Crippen LogP contribution < -0.4 is 21.0 Å². The van der Waals surface area contributed by atoms with E-state index >= 15 is 0 Å². The van der Waals surface area contributed by atoms with Gasteiger partial charge in [0, 0.05) is 23.1 Å². The van der Waals surface area contributed by atoms with Crippen molar-refractivity contribution in [3.05, 3.63) is 39.7 Å². The maximum absolute atomic E-state index is 11.8. The van der Waals surface area contributed by atoms with Gasteiger partial charge in [0.25, 0.3) is 5.91 Å². The van der Waals surface area contributed by atoms with Crippen molar-refractivity contribution >= 4 is 22.8 Å². The first-order valence-corrected chi connectivity index (χ1v) is 8.01. The summed E-state index contributed by atoms with van der Waals surface area (Å²) in [5, 5.41) is 5.98. The quantitative estimate of drug-likeness (QED) is 0.771. The molecule has 0 unspecified atom stereocenters. The van der Waals surface area contributed by atoms with Gasteiger partial charge < -0.3 is 19.8 Å². The van der Waals surface area contributed by atoms with Crippen LogP contribution in [-0.2, 0) is 9.59 Å². The minimum absolute atomic E-state index is 0.0130. The van der Waals surface area contributed by atoms with Crippen LogP contribution in [0.25, 0.3) is 11.0 Å². The van der Waals surface area contributed by atoms with Crippen molar-refractivity contribution in [1.82, 2.24) is 10.6 Å². The molecule has 2 amide bonds. The third kappa shape index (κ3) is 4.82. The molecule has 0 saturated heterocycles. The van der Waals surface area contributed by atoms with Gasteiger partial charge in [0.2, 0.25) is 5.91 Å². The molecule has 1 heterocycles. The van der Waals surface area contributed by atoms with E-state index in [-0.39, 0.29) is 25.1 Å². The van der Waals surface area contributed by atoms with Crippen LogP contribution in [0.15, 0.2) is 27.4 Å². The van der Waals surface area contributed by atoms with Crippen LogP contribution in [0.1, 0.15) is 25.0 Å². The molecule has 7 heteroatoms. The van der Waals surface area contributed by atoms with E-state index in [4.69, 9.17) is 9.15 Å². The van der Waals surface area contributed by atoms with Crippen LogP contribution in [0.5, 0.6) is 5.75 Å². The number of hydrogen-bond donors (Lipinski definition) is 2. The Morgan fingerprint density at radius 2 is 1.92 bits per heavy atom. The standard InChI is InChI=1S/C18H22N2O5/c1-10(2)20-15(21)8-19-16(22)9-24-14-6-5-13-11(3)7-17(23)25-18(13)12(14)4/h5-7,10H,8-9H2,1-4H3,(H,19,22)(H,20,21). The molecule has 134 valence electrons. The van der Waals surface area contributed by atoms with Crippen molar-refractivity contribution in [2.45, 2.75) is 33.7 Å². The van der Waals surface area contributed by atoms with Crippen molar-refractivity contribution in [3.63, 3.8) is 0 Å². The van der Waals surface area contributed by atoms with Crippen LogP contribution in [0.3, 0.4) is 0 Å². The number of nitrogens with one attached hydrogen (secondary N) is 2. The minimum Gasteiger partial charge on any atom is -0.483 e. The summed E-state index contributed by atoms with van der Waals surface area (Å²) in [4.78, 5) is 34.8. The van der Waals surface area contributed by atoms with Gasteiger partial charge in [-0.2, -0.15) is 0 Å². The van der Waals surface area contributed by atoms with Crippen molar-refractivity contribution < 1.29 is 18.7 Å². The molecule has 25 heavy (non-hydrogen) atoms. The zero-order valence-electron chi connectivity index (χ0n) is 14.8. The van der Waals surface area contributed by atoms with Crippen LogP contribution in [0, 0.1) is 13.8 Å². The Labute approximate surface area is 145 Å². The monoisotopic (exact) mass is 346 g/mol. The highest BCUT2D eigenvalue weighted by Crippen LogP contribution is 2.27. The molecule has 7 nitrogen and oxygen atoms in total. The van der Waals surface area contributed by atoms with Crippen molar-refractivity contribution in [2.24, 2.45) is 0 Å². The van der Waals surface area contributed by atoms with Gasteiger partial charge in [0.15, 0.2) is 6.61 Å². The lowest BCUT2D eigenvalue weighted by Gasteiger charge is -2.12. The van der Waals surface area contributed by atoms with Gasteiger partial charge in [-0.15, -0.1) is 0 Å². The van der Waals surface area contributed by atoms with Gasteiger partial charge in [-0.3, -0.25) is 9.59 Å². The highest BCUT2D eigenvalue weighted by Gasteiger charge is 2.12. The number of fused-ring (bicyclic) bond motifs is 1. The summed E-state index contributed by atoms with van der Waals surface area (Å²) < 4.78 is 10.7. The topological polar surface area (TPSA) is 97.6 Å². The molecule has 0 radical (unpaired) electrons. The summed E-state index contributed by atoms with van der Waals surface area (Å²) in [5.41, 5.74) is 1.47. The minimum atomic E-state index is -0.431. The summed E-state index contributed by atoms with van der Waals surface area (Å²) in [6, 6.07) is 4.95. The fourth-order valence-corrected chi connectivity index (χ4v) is 2.40. The summed E-state index contributed by atoms with van der Waals surface area (Å²) in [6.07, 6.45) is 0. The molecule has 0 spiro atoms.